The van der Waals surface area contributed by atoms with E-state index in [0.29, 0.717) is 80.1 Å². The summed E-state index contributed by atoms with van der Waals surface area (Å²) in [4.78, 5) is 73.5. The molecule has 0 unspecified atom stereocenters. The predicted molar refractivity (Wildman–Crippen MR) is 229 cm³/mol. The first-order valence-electron chi connectivity index (χ1n) is 20.1. The molecular formula is C49H46O14. The molecule has 0 heterocycles. The normalized spacial score (nSPS) is 10.4. The molecule has 0 aliphatic rings. The Labute approximate surface area is 364 Å². The molecule has 63 heavy (non-hydrogen) atoms. The van der Waals surface area contributed by atoms with Gasteiger partial charge in [-0.2, -0.15) is 0 Å². The van der Waals surface area contributed by atoms with Gasteiger partial charge in [0.15, 0.2) is 0 Å². The summed E-state index contributed by atoms with van der Waals surface area (Å²) in [5.74, 6) is -1.14. The van der Waals surface area contributed by atoms with E-state index in [1.807, 2.05) is 0 Å². The van der Waals surface area contributed by atoms with E-state index in [0.717, 1.165) is 6.08 Å². The van der Waals surface area contributed by atoms with Crippen molar-refractivity contribution in [2.75, 3.05) is 26.4 Å². The average molecular weight is 859 g/mol. The van der Waals surface area contributed by atoms with Gasteiger partial charge in [-0.3, -0.25) is 4.79 Å². The summed E-state index contributed by atoms with van der Waals surface area (Å²) in [6.07, 6.45) is 4.15. The van der Waals surface area contributed by atoms with E-state index in [4.69, 9.17) is 37.9 Å². The molecule has 0 saturated heterocycles. The summed E-state index contributed by atoms with van der Waals surface area (Å²) in [5, 5.41) is 0. The quantitative estimate of drug-likeness (QED) is 0.0279. The summed E-state index contributed by atoms with van der Waals surface area (Å²) in [6, 6.07) is 29.2. The van der Waals surface area contributed by atoms with Crippen molar-refractivity contribution in [1.82, 2.24) is 0 Å². The summed E-state index contributed by atoms with van der Waals surface area (Å²) in [6.45, 7) is 8.24. The smallest absolute Gasteiger partial charge is 0.343 e. The van der Waals surface area contributed by atoms with Gasteiger partial charge < -0.3 is 37.9 Å². The van der Waals surface area contributed by atoms with Gasteiger partial charge in [0.25, 0.3) is 0 Å². The summed E-state index contributed by atoms with van der Waals surface area (Å²) >= 11 is 0. The minimum Gasteiger partial charge on any atom is -0.494 e. The highest BCUT2D eigenvalue weighted by Crippen LogP contribution is 2.26. The highest BCUT2D eigenvalue weighted by atomic mass is 16.6. The molecule has 0 saturated carbocycles. The number of hydrogen-bond donors (Lipinski definition) is 0. The van der Waals surface area contributed by atoms with Crippen molar-refractivity contribution in [2.24, 2.45) is 0 Å². The summed E-state index contributed by atoms with van der Waals surface area (Å²) < 4.78 is 43.3. The minimum atomic E-state index is -0.659. The molecular weight excluding hydrogens is 813 g/mol. The topological polar surface area (TPSA) is 176 Å². The zero-order chi connectivity index (χ0) is 45.0. The molecule has 14 heteroatoms. The van der Waals surface area contributed by atoms with Crippen molar-refractivity contribution in [3.8, 4) is 34.5 Å². The second kappa shape index (κ2) is 23.9. The van der Waals surface area contributed by atoms with Crippen LogP contribution in [-0.2, 0) is 19.1 Å². The Kier molecular flexibility index (Phi) is 17.6. The standard InChI is InChI=1S/C49H46O14/c1-4-44(50)58-30-8-6-28-56-38-18-10-34(11-19-38)46(52)60-40-22-14-36(15-23-40)48(54)62-42-26-27-43(33(3)32-42)63-49(55)37-16-24-41(25-17-37)61-47(53)35-12-20-39(21-13-35)57-29-7-9-31-59-45(51)5-2/h4,10-27,32H,1,5-9,28-31H2,2-3H3. The van der Waals surface area contributed by atoms with E-state index in [1.165, 1.54) is 60.7 Å². The maximum Gasteiger partial charge on any atom is 0.343 e. The van der Waals surface area contributed by atoms with Gasteiger partial charge in [-0.15, -0.1) is 0 Å². The molecule has 5 rings (SSSR count). The van der Waals surface area contributed by atoms with Crippen LogP contribution in [0.25, 0.3) is 0 Å². The molecule has 0 aliphatic heterocycles. The fourth-order valence-corrected chi connectivity index (χ4v) is 5.46. The lowest BCUT2D eigenvalue weighted by Crippen LogP contribution is -2.11. The van der Waals surface area contributed by atoms with Crippen molar-refractivity contribution >= 4 is 35.8 Å². The second-order valence-electron chi connectivity index (χ2n) is 13.6. The van der Waals surface area contributed by atoms with Gasteiger partial charge in [0.2, 0.25) is 0 Å². The maximum atomic E-state index is 12.9. The van der Waals surface area contributed by atoms with Crippen LogP contribution in [0.1, 0.15) is 86.0 Å². The molecule has 326 valence electrons. The van der Waals surface area contributed by atoms with Crippen LogP contribution < -0.4 is 28.4 Å². The lowest BCUT2D eigenvalue weighted by Gasteiger charge is -2.11. The molecule has 0 atom stereocenters. The number of unbranched alkanes of at least 4 members (excludes halogenated alkanes) is 2. The van der Waals surface area contributed by atoms with Crippen LogP contribution in [0.4, 0.5) is 0 Å². The summed E-state index contributed by atoms with van der Waals surface area (Å²) in [7, 11) is 0. The second-order valence-corrected chi connectivity index (χ2v) is 13.6. The van der Waals surface area contributed by atoms with E-state index < -0.39 is 29.8 Å². The van der Waals surface area contributed by atoms with Gasteiger partial charge >= 0.3 is 35.8 Å². The number of aryl methyl sites for hydroxylation is 1. The Balaban J connectivity index is 1.03. The summed E-state index contributed by atoms with van der Waals surface area (Å²) in [5.41, 5.74) is 1.55. The predicted octanol–water partition coefficient (Wildman–Crippen LogP) is 8.87. The lowest BCUT2D eigenvalue weighted by molar-refractivity contribution is -0.143. The third kappa shape index (κ3) is 15.0. The molecule has 5 aromatic carbocycles. The van der Waals surface area contributed by atoms with Gasteiger partial charge in [0.05, 0.1) is 48.7 Å². The van der Waals surface area contributed by atoms with Crippen LogP contribution >= 0.6 is 0 Å². The lowest BCUT2D eigenvalue weighted by atomic mass is 10.2. The van der Waals surface area contributed by atoms with Gasteiger partial charge in [-0.25, -0.2) is 24.0 Å². The maximum absolute atomic E-state index is 12.9. The SMILES string of the molecule is C=CC(=O)OCCCCOc1ccc(C(=O)Oc2ccc(C(=O)Oc3ccc(OC(=O)c4ccc(OC(=O)c5ccc(OCCCCOC(=O)CC)cc5)cc4)c(C)c3)cc2)cc1. The number of ether oxygens (including phenoxy) is 8. The molecule has 0 radical (unpaired) electrons. The fraction of sp³-hybridized carbons (Fsp3) is 0.224. The number of rotatable bonds is 22. The van der Waals surface area contributed by atoms with Crippen LogP contribution in [0.5, 0.6) is 34.5 Å². The van der Waals surface area contributed by atoms with E-state index >= 15 is 0 Å². The first-order valence-corrected chi connectivity index (χ1v) is 20.1. The van der Waals surface area contributed by atoms with Crippen molar-refractivity contribution in [3.63, 3.8) is 0 Å². The minimum absolute atomic E-state index is 0.206. The van der Waals surface area contributed by atoms with Crippen LogP contribution in [0.3, 0.4) is 0 Å². The average Bonchev–Trinajstić information content (AvgIpc) is 3.30. The first kappa shape index (κ1) is 46.3. The molecule has 0 spiro atoms. The van der Waals surface area contributed by atoms with E-state index in [2.05, 4.69) is 6.58 Å². The molecule has 0 amide bonds. The first-order chi connectivity index (χ1) is 30.5. The van der Waals surface area contributed by atoms with Crippen LogP contribution in [0, 0.1) is 6.92 Å². The van der Waals surface area contributed by atoms with Crippen molar-refractivity contribution in [2.45, 2.75) is 46.0 Å². The third-order valence-corrected chi connectivity index (χ3v) is 8.92. The number of carbonyl (C=O) groups is 6. The third-order valence-electron chi connectivity index (χ3n) is 8.92. The van der Waals surface area contributed by atoms with Crippen molar-refractivity contribution in [3.05, 3.63) is 156 Å². The van der Waals surface area contributed by atoms with Gasteiger partial charge in [-0.05, 0) is 153 Å². The highest BCUT2D eigenvalue weighted by Gasteiger charge is 2.16. The zero-order valence-electron chi connectivity index (χ0n) is 34.8. The molecule has 14 nitrogen and oxygen atoms in total. The molecule has 0 N–H and O–H groups in total. The molecule has 0 fully saturated rings. The van der Waals surface area contributed by atoms with Crippen molar-refractivity contribution in [1.29, 1.82) is 0 Å². The Bertz CT molecular complexity index is 2350. The Morgan fingerprint density at radius 2 is 0.825 bits per heavy atom. The Morgan fingerprint density at radius 3 is 1.24 bits per heavy atom. The molecule has 5 aromatic rings. The number of carbonyl (C=O) groups excluding carboxylic acids is 6. The number of benzene rings is 5. The molecule has 0 aliphatic carbocycles. The number of esters is 6. The fourth-order valence-electron chi connectivity index (χ4n) is 5.46. The van der Waals surface area contributed by atoms with Gasteiger partial charge in [0, 0.05) is 12.5 Å². The largest absolute Gasteiger partial charge is 0.494 e. The van der Waals surface area contributed by atoms with E-state index in [-0.39, 0.29) is 46.7 Å². The zero-order valence-corrected chi connectivity index (χ0v) is 34.8. The number of hydrogen-bond acceptors (Lipinski definition) is 14. The van der Waals surface area contributed by atoms with Crippen LogP contribution in [0.2, 0.25) is 0 Å². The van der Waals surface area contributed by atoms with E-state index in [1.54, 1.807) is 68.4 Å². The van der Waals surface area contributed by atoms with E-state index in [9.17, 15) is 28.8 Å². The highest BCUT2D eigenvalue weighted by molar-refractivity contribution is 5.94. The van der Waals surface area contributed by atoms with Crippen LogP contribution in [-0.4, -0.2) is 62.2 Å². The van der Waals surface area contributed by atoms with Crippen molar-refractivity contribution < 1.29 is 66.7 Å². The van der Waals surface area contributed by atoms with Gasteiger partial charge in [-0.1, -0.05) is 13.5 Å². The Hall–Kier alpha value is -7.74. The monoisotopic (exact) mass is 858 g/mol. The molecule has 0 bridgehead atoms. The molecule has 0 aromatic heterocycles. The van der Waals surface area contributed by atoms with Crippen LogP contribution in [0.15, 0.2) is 128 Å². The Morgan fingerprint density at radius 1 is 0.460 bits per heavy atom. The van der Waals surface area contributed by atoms with Gasteiger partial charge in [0.1, 0.15) is 34.5 Å².